The molecule has 72 valence electrons. The van der Waals surface area contributed by atoms with E-state index in [1.165, 1.54) is 0 Å². The quantitative estimate of drug-likeness (QED) is 0.862. The molecule has 0 aliphatic carbocycles. The molecule has 0 amide bonds. The molecule has 1 aromatic rings. The second-order valence-electron chi connectivity index (χ2n) is 3.38. The maximum Gasteiger partial charge on any atom is 0.0779 e. The number of rotatable bonds is 3. The number of halogens is 2. The smallest absolute Gasteiger partial charge is 0.0779 e. The molecule has 0 fully saturated rings. The lowest BCUT2D eigenvalue weighted by Gasteiger charge is -2.10. The summed E-state index contributed by atoms with van der Waals surface area (Å²) in [5, 5.41) is 4.04. The fourth-order valence-electron chi connectivity index (χ4n) is 0.954. The molecule has 3 heteroatoms. The highest BCUT2D eigenvalue weighted by atomic mass is 79.9. The Bertz CT molecular complexity index is 286. The normalized spacial score (nSPS) is 10.5. The fraction of sp³-hybridized carbons (Fsp3) is 0.400. The highest BCUT2D eigenvalue weighted by molar-refractivity contribution is 9.10. The number of nitrogens with one attached hydrogen (secondary N) is 1. The molecular formula is C10H13BrClN. The lowest BCUT2D eigenvalue weighted by molar-refractivity contribution is 0.689. The van der Waals surface area contributed by atoms with E-state index in [2.05, 4.69) is 35.1 Å². The van der Waals surface area contributed by atoms with E-state index in [1.54, 1.807) is 0 Å². The van der Waals surface area contributed by atoms with Gasteiger partial charge in [-0.15, -0.1) is 0 Å². The number of anilines is 1. The van der Waals surface area contributed by atoms with Crippen molar-refractivity contribution in [2.75, 3.05) is 11.9 Å². The molecule has 0 unspecified atom stereocenters. The Hall–Kier alpha value is -0.210. The summed E-state index contributed by atoms with van der Waals surface area (Å²) < 4.78 is 0.933. The second kappa shape index (κ2) is 4.87. The van der Waals surface area contributed by atoms with E-state index in [1.807, 2.05) is 18.2 Å². The van der Waals surface area contributed by atoms with Gasteiger partial charge in [-0.1, -0.05) is 31.5 Å². The summed E-state index contributed by atoms with van der Waals surface area (Å²) in [4.78, 5) is 0. The highest BCUT2D eigenvalue weighted by Crippen LogP contribution is 2.29. The lowest BCUT2D eigenvalue weighted by atomic mass is 10.2. The van der Waals surface area contributed by atoms with Crippen LogP contribution in [-0.4, -0.2) is 6.54 Å². The molecule has 0 heterocycles. The van der Waals surface area contributed by atoms with Gasteiger partial charge in [0, 0.05) is 11.0 Å². The first-order valence-electron chi connectivity index (χ1n) is 4.29. The van der Waals surface area contributed by atoms with E-state index >= 15 is 0 Å². The monoisotopic (exact) mass is 261 g/mol. The van der Waals surface area contributed by atoms with Gasteiger partial charge in [0.1, 0.15) is 0 Å². The van der Waals surface area contributed by atoms with Crippen molar-refractivity contribution >= 4 is 33.2 Å². The third kappa shape index (κ3) is 3.20. The standard InChI is InChI=1S/C10H13BrClN/c1-7(2)6-13-9-5-3-4-8(11)10(9)12/h3-5,7,13H,6H2,1-2H3. The van der Waals surface area contributed by atoms with Crippen molar-refractivity contribution in [2.24, 2.45) is 5.92 Å². The second-order valence-corrected chi connectivity index (χ2v) is 4.61. The Morgan fingerprint density at radius 2 is 2.15 bits per heavy atom. The van der Waals surface area contributed by atoms with Crippen molar-refractivity contribution in [3.63, 3.8) is 0 Å². The average molecular weight is 263 g/mol. The maximum atomic E-state index is 6.07. The van der Waals surface area contributed by atoms with Crippen LogP contribution in [0.1, 0.15) is 13.8 Å². The molecule has 0 bridgehead atoms. The van der Waals surface area contributed by atoms with Gasteiger partial charge in [-0.05, 0) is 34.0 Å². The Morgan fingerprint density at radius 1 is 1.46 bits per heavy atom. The Kier molecular flexibility index (Phi) is 4.07. The summed E-state index contributed by atoms with van der Waals surface area (Å²) in [6.07, 6.45) is 0. The van der Waals surface area contributed by atoms with Crippen LogP contribution in [0, 0.1) is 5.92 Å². The van der Waals surface area contributed by atoms with E-state index in [9.17, 15) is 0 Å². The van der Waals surface area contributed by atoms with Crippen molar-refractivity contribution in [2.45, 2.75) is 13.8 Å². The fourth-order valence-corrected chi connectivity index (χ4v) is 1.51. The molecule has 0 saturated carbocycles. The minimum atomic E-state index is 0.620. The van der Waals surface area contributed by atoms with Crippen LogP contribution in [0.4, 0.5) is 5.69 Å². The van der Waals surface area contributed by atoms with Gasteiger partial charge in [0.15, 0.2) is 0 Å². The van der Waals surface area contributed by atoms with Crippen molar-refractivity contribution in [3.8, 4) is 0 Å². The summed E-state index contributed by atoms with van der Waals surface area (Å²) in [5.41, 5.74) is 0.991. The van der Waals surface area contributed by atoms with Gasteiger partial charge < -0.3 is 5.32 Å². The molecule has 0 aliphatic heterocycles. The third-order valence-corrected chi connectivity index (χ3v) is 2.95. The molecule has 0 saturated heterocycles. The Balaban J connectivity index is 2.71. The number of hydrogen-bond donors (Lipinski definition) is 1. The molecule has 1 N–H and O–H groups in total. The van der Waals surface area contributed by atoms with E-state index in [0.29, 0.717) is 5.92 Å². The van der Waals surface area contributed by atoms with E-state index in [4.69, 9.17) is 11.6 Å². The molecule has 0 aliphatic rings. The van der Waals surface area contributed by atoms with Crippen molar-refractivity contribution in [1.29, 1.82) is 0 Å². The Morgan fingerprint density at radius 3 is 2.77 bits per heavy atom. The summed E-state index contributed by atoms with van der Waals surface area (Å²) in [6.45, 7) is 5.27. The van der Waals surface area contributed by atoms with Crippen LogP contribution >= 0.6 is 27.5 Å². The molecule has 1 rings (SSSR count). The zero-order valence-corrected chi connectivity index (χ0v) is 10.1. The predicted molar refractivity (Wildman–Crippen MR) is 62.5 cm³/mol. The van der Waals surface area contributed by atoms with E-state index in [-0.39, 0.29) is 0 Å². The topological polar surface area (TPSA) is 12.0 Å². The molecule has 1 aromatic carbocycles. The third-order valence-electron chi connectivity index (χ3n) is 1.65. The van der Waals surface area contributed by atoms with Gasteiger partial charge in [0.2, 0.25) is 0 Å². The predicted octanol–water partition coefficient (Wildman–Crippen LogP) is 4.17. The molecular weight excluding hydrogens is 249 g/mol. The van der Waals surface area contributed by atoms with Crippen LogP contribution in [0.2, 0.25) is 5.02 Å². The molecule has 0 spiro atoms. The van der Waals surface area contributed by atoms with Gasteiger partial charge in [0.25, 0.3) is 0 Å². The van der Waals surface area contributed by atoms with Crippen LogP contribution in [0.25, 0.3) is 0 Å². The lowest BCUT2D eigenvalue weighted by Crippen LogP contribution is -2.08. The molecule has 0 radical (unpaired) electrons. The number of hydrogen-bond acceptors (Lipinski definition) is 1. The number of benzene rings is 1. The zero-order chi connectivity index (χ0) is 9.84. The summed E-state index contributed by atoms with van der Waals surface area (Å²) >= 11 is 9.45. The van der Waals surface area contributed by atoms with Gasteiger partial charge in [-0.2, -0.15) is 0 Å². The minimum absolute atomic E-state index is 0.620. The minimum Gasteiger partial charge on any atom is -0.384 e. The van der Waals surface area contributed by atoms with E-state index < -0.39 is 0 Å². The van der Waals surface area contributed by atoms with Crippen LogP contribution in [0.15, 0.2) is 22.7 Å². The first kappa shape index (κ1) is 10.9. The van der Waals surface area contributed by atoms with Crippen LogP contribution in [0.5, 0.6) is 0 Å². The van der Waals surface area contributed by atoms with Crippen LogP contribution in [-0.2, 0) is 0 Å². The van der Waals surface area contributed by atoms with Crippen molar-refractivity contribution in [3.05, 3.63) is 27.7 Å². The maximum absolute atomic E-state index is 6.07. The van der Waals surface area contributed by atoms with Gasteiger partial charge >= 0.3 is 0 Å². The molecule has 0 atom stereocenters. The molecule has 1 nitrogen and oxygen atoms in total. The first-order valence-corrected chi connectivity index (χ1v) is 5.46. The SMILES string of the molecule is CC(C)CNc1cccc(Br)c1Cl. The zero-order valence-electron chi connectivity index (χ0n) is 7.77. The highest BCUT2D eigenvalue weighted by Gasteiger charge is 2.03. The molecule has 0 aromatic heterocycles. The van der Waals surface area contributed by atoms with Gasteiger partial charge in [-0.25, -0.2) is 0 Å². The average Bonchev–Trinajstić information content (AvgIpc) is 2.07. The van der Waals surface area contributed by atoms with Gasteiger partial charge in [-0.3, -0.25) is 0 Å². The van der Waals surface area contributed by atoms with Crippen LogP contribution in [0.3, 0.4) is 0 Å². The van der Waals surface area contributed by atoms with Crippen molar-refractivity contribution in [1.82, 2.24) is 0 Å². The first-order chi connectivity index (χ1) is 6.11. The Labute approximate surface area is 92.6 Å². The summed E-state index contributed by atoms with van der Waals surface area (Å²) in [5.74, 6) is 0.620. The van der Waals surface area contributed by atoms with E-state index in [0.717, 1.165) is 21.7 Å². The van der Waals surface area contributed by atoms with Crippen LogP contribution < -0.4 is 5.32 Å². The summed E-state index contributed by atoms with van der Waals surface area (Å²) in [7, 11) is 0. The summed E-state index contributed by atoms with van der Waals surface area (Å²) in [6, 6.07) is 5.89. The van der Waals surface area contributed by atoms with Gasteiger partial charge in [0.05, 0.1) is 10.7 Å². The van der Waals surface area contributed by atoms with Crippen molar-refractivity contribution < 1.29 is 0 Å². The largest absolute Gasteiger partial charge is 0.384 e. The molecule has 13 heavy (non-hydrogen) atoms.